The van der Waals surface area contributed by atoms with E-state index in [-0.39, 0.29) is 4.90 Å². The molecule has 0 spiro atoms. The zero-order valence-electron chi connectivity index (χ0n) is 13.4. The minimum Gasteiger partial charge on any atom is -0.444 e. The molecule has 2 amide bonds. The third-order valence-electron chi connectivity index (χ3n) is 2.58. The van der Waals surface area contributed by atoms with Crippen LogP contribution >= 0.6 is 0 Å². The van der Waals surface area contributed by atoms with Gasteiger partial charge in [0.2, 0.25) is 15.9 Å². The van der Waals surface area contributed by atoms with Gasteiger partial charge in [-0.25, -0.2) is 18.4 Å². The average Bonchev–Trinajstić information content (AvgIpc) is 2.35. The maximum atomic E-state index is 12.0. The van der Waals surface area contributed by atoms with Gasteiger partial charge in [0.25, 0.3) is 0 Å². The van der Waals surface area contributed by atoms with E-state index in [2.05, 4.69) is 10.6 Å². The monoisotopic (exact) mass is 343 g/mol. The number of amides is 2. The number of nitrogens with one attached hydrogen (secondary N) is 2. The summed E-state index contributed by atoms with van der Waals surface area (Å²) >= 11 is 0. The van der Waals surface area contributed by atoms with E-state index >= 15 is 0 Å². The SMILES string of the molecule is CC(NC(=O)OC(C)(C)C)C(=O)Nc1ccc(S(N)(=O)=O)cc1. The smallest absolute Gasteiger partial charge is 0.408 e. The van der Waals surface area contributed by atoms with Gasteiger partial charge >= 0.3 is 6.09 Å². The standard InChI is InChI=1S/C14H21N3O5S/c1-9(16-13(19)22-14(2,3)4)12(18)17-10-5-7-11(8-6-10)23(15,20)21/h5-9H,1-4H3,(H,16,19)(H,17,18)(H2,15,20,21). The molecule has 0 radical (unpaired) electrons. The van der Waals surface area contributed by atoms with Gasteiger partial charge in [0, 0.05) is 5.69 Å². The van der Waals surface area contributed by atoms with Gasteiger partial charge in [-0.3, -0.25) is 4.79 Å². The van der Waals surface area contributed by atoms with Crippen molar-refractivity contribution in [2.24, 2.45) is 5.14 Å². The summed E-state index contributed by atoms with van der Waals surface area (Å²) in [6.07, 6.45) is -0.704. The number of hydrogen-bond donors (Lipinski definition) is 3. The number of ether oxygens (including phenoxy) is 1. The number of carbonyl (C=O) groups is 2. The summed E-state index contributed by atoms with van der Waals surface area (Å²) < 4.78 is 27.3. The van der Waals surface area contributed by atoms with Crippen LogP contribution in [-0.4, -0.2) is 32.1 Å². The Morgan fingerprint density at radius 2 is 1.70 bits per heavy atom. The molecule has 23 heavy (non-hydrogen) atoms. The van der Waals surface area contributed by atoms with Crippen molar-refractivity contribution in [3.05, 3.63) is 24.3 Å². The van der Waals surface area contributed by atoms with E-state index < -0.39 is 33.7 Å². The lowest BCUT2D eigenvalue weighted by molar-refractivity contribution is -0.117. The lowest BCUT2D eigenvalue weighted by Crippen LogP contribution is -2.43. The van der Waals surface area contributed by atoms with Crippen molar-refractivity contribution in [1.82, 2.24) is 5.32 Å². The highest BCUT2D eigenvalue weighted by Gasteiger charge is 2.21. The molecule has 1 atom stereocenters. The normalized spacial score (nSPS) is 13.1. The maximum Gasteiger partial charge on any atom is 0.408 e. The molecule has 0 saturated carbocycles. The van der Waals surface area contributed by atoms with Crippen LogP contribution in [0.15, 0.2) is 29.2 Å². The Bertz CT molecular complexity index is 677. The summed E-state index contributed by atoms with van der Waals surface area (Å²) in [6.45, 7) is 6.64. The molecule has 0 aliphatic carbocycles. The number of sulfonamides is 1. The Kier molecular flexibility index (Phi) is 5.73. The molecule has 8 nitrogen and oxygen atoms in total. The fraction of sp³-hybridized carbons (Fsp3) is 0.429. The number of primary sulfonamides is 1. The van der Waals surface area contributed by atoms with Crippen LogP contribution < -0.4 is 15.8 Å². The number of hydrogen-bond acceptors (Lipinski definition) is 5. The number of rotatable bonds is 4. The first-order valence-corrected chi connectivity index (χ1v) is 8.36. The van der Waals surface area contributed by atoms with Crippen molar-refractivity contribution in [3.8, 4) is 0 Å². The van der Waals surface area contributed by atoms with E-state index in [0.717, 1.165) is 0 Å². The lowest BCUT2D eigenvalue weighted by Gasteiger charge is -2.21. The topological polar surface area (TPSA) is 128 Å². The molecular weight excluding hydrogens is 322 g/mol. The molecule has 9 heteroatoms. The van der Waals surface area contributed by atoms with Crippen molar-refractivity contribution < 1.29 is 22.7 Å². The molecule has 1 aromatic rings. The molecule has 0 heterocycles. The van der Waals surface area contributed by atoms with Crippen molar-refractivity contribution in [1.29, 1.82) is 0 Å². The van der Waals surface area contributed by atoms with Gasteiger partial charge in [0.1, 0.15) is 11.6 Å². The van der Waals surface area contributed by atoms with E-state index in [1.165, 1.54) is 31.2 Å². The second kappa shape index (κ2) is 6.97. The molecule has 4 N–H and O–H groups in total. The van der Waals surface area contributed by atoms with Crippen molar-refractivity contribution in [3.63, 3.8) is 0 Å². The predicted molar refractivity (Wildman–Crippen MR) is 85.3 cm³/mol. The van der Waals surface area contributed by atoms with Gasteiger partial charge in [0.15, 0.2) is 0 Å². The third kappa shape index (κ3) is 6.66. The van der Waals surface area contributed by atoms with Crippen molar-refractivity contribution in [2.45, 2.75) is 44.2 Å². The molecule has 1 rings (SSSR count). The van der Waals surface area contributed by atoms with Gasteiger partial charge in [-0.15, -0.1) is 0 Å². The molecule has 0 saturated heterocycles. The van der Waals surface area contributed by atoms with Crippen molar-refractivity contribution >= 4 is 27.7 Å². The molecule has 0 aliphatic heterocycles. The minimum atomic E-state index is -3.78. The highest BCUT2D eigenvalue weighted by Crippen LogP contribution is 2.13. The van der Waals surface area contributed by atoms with Crippen LogP contribution in [0.3, 0.4) is 0 Å². The zero-order chi connectivity index (χ0) is 17.8. The van der Waals surface area contributed by atoms with Gasteiger partial charge in [-0.05, 0) is 52.0 Å². The summed E-state index contributed by atoms with van der Waals surface area (Å²) in [5.41, 5.74) is -0.288. The summed E-state index contributed by atoms with van der Waals surface area (Å²) in [7, 11) is -3.78. The van der Waals surface area contributed by atoms with E-state index in [1.54, 1.807) is 20.8 Å². The highest BCUT2D eigenvalue weighted by atomic mass is 32.2. The quantitative estimate of drug-likeness (QED) is 0.756. The molecule has 0 bridgehead atoms. The number of carbonyl (C=O) groups excluding carboxylic acids is 2. The zero-order valence-corrected chi connectivity index (χ0v) is 14.2. The number of anilines is 1. The molecule has 1 unspecified atom stereocenters. The largest absolute Gasteiger partial charge is 0.444 e. The fourth-order valence-corrected chi connectivity index (χ4v) is 2.04. The second-order valence-electron chi connectivity index (χ2n) is 5.93. The van der Waals surface area contributed by atoms with E-state index in [1.807, 2.05) is 0 Å². The van der Waals surface area contributed by atoms with Crippen LogP contribution in [-0.2, 0) is 19.6 Å². The van der Waals surface area contributed by atoms with Crippen LogP contribution in [0.4, 0.5) is 10.5 Å². The second-order valence-corrected chi connectivity index (χ2v) is 7.49. The highest BCUT2D eigenvalue weighted by molar-refractivity contribution is 7.89. The summed E-state index contributed by atoms with van der Waals surface area (Å²) in [5, 5.41) is 9.93. The Balaban J connectivity index is 2.63. The van der Waals surface area contributed by atoms with E-state index in [9.17, 15) is 18.0 Å². The molecule has 0 aliphatic rings. The predicted octanol–water partition coefficient (Wildman–Crippen LogP) is 1.19. The minimum absolute atomic E-state index is 0.0598. The fourth-order valence-electron chi connectivity index (χ4n) is 1.53. The Hall–Kier alpha value is -2.13. The van der Waals surface area contributed by atoms with Crippen LogP contribution in [0.5, 0.6) is 0 Å². The molecule has 0 fully saturated rings. The van der Waals surface area contributed by atoms with Crippen molar-refractivity contribution in [2.75, 3.05) is 5.32 Å². The van der Waals surface area contributed by atoms with Crippen LogP contribution in [0, 0.1) is 0 Å². The molecule has 0 aromatic heterocycles. The van der Waals surface area contributed by atoms with Gasteiger partial charge < -0.3 is 15.4 Å². The number of benzene rings is 1. The van der Waals surface area contributed by atoms with E-state index in [4.69, 9.17) is 9.88 Å². The molecular formula is C14H21N3O5S. The first-order chi connectivity index (χ1) is 10.4. The van der Waals surface area contributed by atoms with Gasteiger partial charge in [-0.1, -0.05) is 0 Å². The average molecular weight is 343 g/mol. The Morgan fingerprint density at radius 3 is 2.13 bits per heavy atom. The third-order valence-corrected chi connectivity index (χ3v) is 3.51. The lowest BCUT2D eigenvalue weighted by atomic mass is 10.2. The summed E-state index contributed by atoms with van der Waals surface area (Å²) in [5.74, 6) is -0.473. The van der Waals surface area contributed by atoms with Crippen LogP contribution in [0.1, 0.15) is 27.7 Å². The first kappa shape index (κ1) is 18.9. The molecule has 1 aromatic carbocycles. The Labute approximate surface area is 135 Å². The van der Waals surface area contributed by atoms with E-state index in [0.29, 0.717) is 5.69 Å². The van der Waals surface area contributed by atoms with Gasteiger partial charge in [-0.2, -0.15) is 0 Å². The summed E-state index contributed by atoms with van der Waals surface area (Å²) in [6, 6.07) is 4.52. The van der Waals surface area contributed by atoms with Gasteiger partial charge in [0.05, 0.1) is 4.90 Å². The Morgan fingerprint density at radius 1 is 1.17 bits per heavy atom. The summed E-state index contributed by atoms with van der Waals surface area (Å²) in [4.78, 5) is 23.5. The number of nitrogens with two attached hydrogens (primary N) is 1. The van der Waals surface area contributed by atoms with Crippen LogP contribution in [0.25, 0.3) is 0 Å². The first-order valence-electron chi connectivity index (χ1n) is 6.82. The van der Waals surface area contributed by atoms with Crippen LogP contribution in [0.2, 0.25) is 0 Å². The maximum absolute atomic E-state index is 12.0. The molecule has 128 valence electrons. The number of alkyl carbamates (subject to hydrolysis) is 1.